The molecule has 0 atom stereocenters. The Balaban J connectivity index is 1.37. The van der Waals surface area contributed by atoms with Gasteiger partial charge in [-0.1, -0.05) is 29.8 Å². The largest absolute Gasteiger partial charge is 0.458 e. The van der Waals surface area contributed by atoms with E-state index >= 15 is 0 Å². The van der Waals surface area contributed by atoms with Crippen LogP contribution >= 0.6 is 23.1 Å². The van der Waals surface area contributed by atoms with Gasteiger partial charge in [0, 0.05) is 5.69 Å². The lowest BCUT2D eigenvalue weighted by Crippen LogP contribution is -2.16. The Morgan fingerprint density at radius 2 is 1.88 bits per heavy atom. The minimum absolute atomic E-state index is 0.131. The number of hydrogen-bond donors (Lipinski definition) is 1. The number of para-hydroxylation sites is 1. The molecular formula is C19H18N2O3S2. The Kier molecular flexibility index (Phi) is 6.25. The summed E-state index contributed by atoms with van der Waals surface area (Å²) in [7, 11) is 0. The third kappa shape index (κ3) is 5.31. The van der Waals surface area contributed by atoms with Crippen molar-refractivity contribution in [1.82, 2.24) is 4.98 Å². The fourth-order valence-corrected chi connectivity index (χ4v) is 3.72. The molecule has 0 aliphatic rings. The van der Waals surface area contributed by atoms with Crippen LogP contribution in [0.5, 0.6) is 0 Å². The van der Waals surface area contributed by atoms with Crippen molar-refractivity contribution in [3.63, 3.8) is 0 Å². The number of aromatic nitrogens is 1. The van der Waals surface area contributed by atoms with Crippen LogP contribution in [0.1, 0.15) is 10.6 Å². The monoisotopic (exact) mass is 386 g/mol. The summed E-state index contributed by atoms with van der Waals surface area (Å²) in [5.74, 6) is -0.161. The predicted octanol–water partition coefficient (Wildman–Crippen LogP) is 4.02. The van der Waals surface area contributed by atoms with E-state index in [1.165, 1.54) is 23.1 Å². The van der Waals surface area contributed by atoms with Crippen molar-refractivity contribution in [3.05, 3.63) is 59.1 Å². The van der Waals surface area contributed by atoms with Gasteiger partial charge in [-0.25, -0.2) is 4.98 Å². The molecule has 0 saturated heterocycles. The fourth-order valence-electron chi connectivity index (χ4n) is 2.23. The molecule has 1 amide bonds. The smallest absolute Gasteiger partial charge is 0.316 e. The zero-order chi connectivity index (χ0) is 18.4. The summed E-state index contributed by atoms with van der Waals surface area (Å²) >= 11 is 2.74. The van der Waals surface area contributed by atoms with E-state index < -0.39 is 0 Å². The number of benzene rings is 2. The maximum atomic E-state index is 11.9. The summed E-state index contributed by atoms with van der Waals surface area (Å²) in [6.45, 7) is 2.15. The van der Waals surface area contributed by atoms with Crippen LogP contribution in [0.15, 0.2) is 48.5 Å². The lowest BCUT2D eigenvalue weighted by atomic mass is 10.2. The van der Waals surface area contributed by atoms with Gasteiger partial charge in [-0.15, -0.1) is 23.1 Å². The SMILES string of the molecule is Cc1ccc(NC(=O)CSCC(=O)OCc2nc3ccccc3s2)cc1. The van der Waals surface area contributed by atoms with Crippen molar-refractivity contribution < 1.29 is 14.3 Å². The normalized spacial score (nSPS) is 10.7. The summed E-state index contributed by atoms with van der Waals surface area (Å²) < 4.78 is 6.30. The number of rotatable bonds is 7. The molecule has 0 spiro atoms. The van der Waals surface area contributed by atoms with Crippen molar-refractivity contribution in [2.24, 2.45) is 0 Å². The van der Waals surface area contributed by atoms with Gasteiger partial charge in [-0.2, -0.15) is 0 Å². The molecule has 134 valence electrons. The van der Waals surface area contributed by atoms with E-state index in [1.54, 1.807) is 0 Å². The first-order valence-electron chi connectivity index (χ1n) is 8.04. The summed E-state index contributed by atoms with van der Waals surface area (Å²) in [4.78, 5) is 28.1. The number of anilines is 1. The molecule has 3 aromatic rings. The third-order valence-electron chi connectivity index (χ3n) is 3.48. The van der Waals surface area contributed by atoms with Gasteiger partial charge in [0.1, 0.15) is 11.6 Å². The summed E-state index contributed by atoms with van der Waals surface area (Å²) in [6, 6.07) is 15.4. The average Bonchev–Trinajstić information content (AvgIpc) is 3.05. The number of carbonyl (C=O) groups excluding carboxylic acids is 2. The second-order valence-electron chi connectivity index (χ2n) is 5.64. The van der Waals surface area contributed by atoms with Crippen molar-refractivity contribution in [1.29, 1.82) is 0 Å². The number of esters is 1. The highest BCUT2D eigenvalue weighted by atomic mass is 32.2. The number of aryl methyl sites for hydroxylation is 1. The summed E-state index contributed by atoms with van der Waals surface area (Å²) in [5, 5.41) is 3.56. The van der Waals surface area contributed by atoms with Crippen molar-refractivity contribution >= 4 is 50.9 Å². The molecule has 26 heavy (non-hydrogen) atoms. The number of amides is 1. The van der Waals surface area contributed by atoms with Crippen molar-refractivity contribution in [2.75, 3.05) is 16.8 Å². The Morgan fingerprint density at radius 3 is 2.65 bits per heavy atom. The molecule has 1 heterocycles. The minimum Gasteiger partial charge on any atom is -0.458 e. The molecule has 0 saturated carbocycles. The minimum atomic E-state index is -0.350. The zero-order valence-electron chi connectivity index (χ0n) is 14.2. The topological polar surface area (TPSA) is 68.3 Å². The van der Waals surface area contributed by atoms with E-state index in [9.17, 15) is 9.59 Å². The van der Waals surface area contributed by atoms with Crippen LogP contribution in [0.3, 0.4) is 0 Å². The number of nitrogens with one attached hydrogen (secondary N) is 1. The Bertz CT molecular complexity index is 874. The molecule has 0 radical (unpaired) electrons. The Hall–Kier alpha value is -2.38. The average molecular weight is 386 g/mol. The van der Waals surface area contributed by atoms with E-state index in [1.807, 2.05) is 55.5 Å². The molecule has 0 aliphatic carbocycles. The van der Waals surface area contributed by atoms with Crippen LogP contribution in [0.4, 0.5) is 5.69 Å². The molecule has 5 nitrogen and oxygen atoms in total. The molecule has 0 aliphatic heterocycles. The number of nitrogens with zero attached hydrogens (tertiary/aromatic N) is 1. The van der Waals surface area contributed by atoms with E-state index in [0.29, 0.717) is 0 Å². The van der Waals surface area contributed by atoms with Gasteiger partial charge in [-0.05, 0) is 31.2 Å². The third-order valence-corrected chi connectivity index (χ3v) is 5.40. The number of thiazole rings is 1. The molecule has 0 bridgehead atoms. The molecule has 1 N–H and O–H groups in total. The lowest BCUT2D eigenvalue weighted by molar-refractivity contribution is -0.141. The first-order chi connectivity index (χ1) is 12.6. The first kappa shape index (κ1) is 18.4. The highest BCUT2D eigenvalue weighted by Gasteiger charge is 2.09. The highest BCUT2D eigenvalue weighted by Crippen LogP contribution is 2.22. The van der Waals surface area contributed by atoms with E-state index in [2.05, 4.69) is 10.3 Å². The van der Waals surface area contributed by atoms with Crippen molar-refractivity contribution in [3.8, 4) is 0 Å². The summed E-state index contributed by atoms with van der Waals surface area (Å²) in [6.07, 6.45) is 0. The maximum absolute atomic E-state index is 11.9. The van der Waals surface area contributed by atoms with Gasteiger partial charge in [0.2, 0.25) is 5.91 Å². The number of carbonyl (C=O) groups is 2. The van der Waals surface area contributed by atoms with Gasteiger partial charge in [-0.3, -0.25) is 9.59 Å². The predicted molar refractivity (Wildman–Crippen MR) is 107 cm³/mol. The molecule has 0 fully saturated rings. The number of hydrogen-bond acceptors (Lipinski definition) is 6. The standard InChI is InChI=1S/C19H18N2O3S2/c1-13-6-8-14(9-7-13)20-17(22)11-25-12-19(23)24-10-18-21-15-4-2-3-5-16(15)26-18/h2-9H,10-12H2,1H3,(H,20,22). The number of fused-ring (bicyclic) bond motifs is 1. The fraction of sp³-hybridized carbons (Fsp3) is 0.211. The van der Waals surface area contributed by atoms with Crippen LogP contribution in [-0.2, 0) is 20.9 Å². The van der Waals surface area contributed by atoms with E-state index in [4.69, 9.17) is 4.74 Å². The maximum Gasteiger partial charge on any atom is 0.316 e. The molecule has 7 heteroatoms. The van der Waals surface area contributed by atoms with Crippen LogP contribution in [0.25, 0.3) is 10.2 Å². The van der Waals surface area contributed by atoms with Crippen LogP contribution < -0.4 is 5.32 Å². The highest BCUT2D eigenvalue weighted by molar-refractivity contribution is 8.00. The van der Waals surface area contributed by atoms with Gasteiger partial charge < -0.3 is 10.1 Å². The molecular weight excluding hydrogens is 368 g/mol. The Morgan fingerprint density at radius 1 is 1.12 bits per heavy atom. The van der Waals surface area contributed by atoms with E-state index in [0.717, 1.165) is 26.5 Å². The van der Waals surface area contributed by atoms with Gasteiger partial charge in [0.25, 0.3) is 0 Å². The second kappa shape index (κ2) is 8.82. The van der Waals surface area contributed by atoms with Gasteiger partial charge >= 0.3 is 5.97 Å². The number of ether oxygens (including phenoxy) is 1. The quantitative estimate of drug-likeness (QED) is 0.621. The number of thioether (sulfide) groups is 1. The van der Waals surface area contributed by atoms with Crippen LogP contribution in [-0.4, -0.2) is 28.4 Å². The van der Waals surface area contributed by atoms with Gasteiger partial charge in [0.15, 0.2) is 0 Å². The summed E-state index contributed by atoms with van der Waals surface area (Å²) in [5.41, 5.74) is 2.79. The van der Waals surface area contributed by atoms with Gasteiger partial charge in [0.05, 0.1) is 21.7 Å². The molecule has 0 unspecified atom stereocenters. The Labute approximate surface area is 159 Å². The molecule has 1 aromatic heterocycles. The molecule has 3 rings (SSSR count). The second-order valence-corrected chi connectivity index (χ2v) is 7.74. The van der Waals surface area contributed by atoms with Crippen molar-refractivity contribution in [2.45, 2.75) is 13.5 Å². The van der Waals surface area contributed by atoms with Crippen LogP contribution in [0, 0.1) is 6.92 Å². The zero-order valence-corrected chi connectivity index (χ0v) is 15.9. The lowest BCUT2D eigenvalue weighted by Gasteiger charge is -2.05. The van der Waals surface area contributed by atoms with E-state index in [-0.39, 0.29) is 30.0 Å². The first-order valence-corrected chi connectivity index (χ1v) is 10.0. The molecule has 2 aromatic carbocycles. The van der Waals surface area contributed by atoms with Crippen LogP contribution in [0.2, 0.25) is 0 Å².